The van der Waals surface area contributed by atoms with E-state index in [-0.39, 0.29) is 17.7 Å². The molecule has 0 aromatic rings. The Morgan fingerprint density at radius 2 is 1.80 bits per heavy atom. The summed E-state index contributed by atoms with van der Waals surface area (Å²) in [5.41, 5.74) is 0. The molecule has 1 saturated heterocycles. The molecule has 0 bridgehead atoms. The fourth-order valence-electron chi connectivity index (χ4n) is 2.44. The van der Waals surface area contributed by atoms with Crippen molar-refractivity contribution in [3.63, 3.8) is 0 Å². The van der Waals surface area contributed by atoms with Crippen LogP contribution in [0.5, 0.6) is 0 Å². The van der Waals surface area contributed by atoms with E-state index < -0.39 is 10.0 Å². The lowest BCUT2D eigenvalue weighted by Crippen LogP contribution is -2.47. The highest BCUT2D eigenvalue weighted by molar-refractivity contribution is 7.89. The molecule has 2 N–H and O–H groups in total. The van der Waals surface area contributed by atoms with Crippen LogP contribution in [-0.4, -0.2) is 56.1 Å². The van der Waals surface area contributed by atoms with Crippen LogP contribution in [-0.2, 0) is 14.8 Å². The number of rotatable bonds is 7. The number of hydrogen-bond donors (Lipinski definition) is 2. The summed E-state index contributed by atoms with van der Waals surface area (Å²) in [4.78, 5) is 11.8. The van der Waals surface area contributed by atoms with Gasteiger partial charge in [-0.25, -0.2) is 12.7 Å². The first-order valence-corrected chi connectivity index (χ1v) is 9.12. The first kappa shape index (κ1) is 15.7. The third kappa shape index (κ3) is 4.71. The molecule has 0 unspecified atom stereocenters. The average molecular weight is 303 g/mol. The molecule has 6 nitrogen and oxygen atoms in total. The highest BCUT2D eigenvalue weighted by Crippen LogP contribution is 2.18. The zero-order valence-corrected chi connectivity index (χ0v) is 12.9. The molecule has 7 heteroatoms. The van der Waals surface area contributed by atoms with E-state index in [2.05, 4.69) is 10.6 Å². The average Bonchev–Trinajstić information content (AvgIpc) is 3.23. The van der Waals surface area contributed by atoms with E-state index in [9.17, 15) is 13.2 Å². The van der Waals surface area contributed by atoms with Gasteiger partial charge in [0.25, 0.3) is 0 Å². The second kappa shape index (κ2) is 6.87. The van der Waals surface area contributed by atoms with Crippen molar-refractivity contribution in [3.8, 4) is 0 Å². The van der Waals surface area contributed by atoms with Crippen molar-refractivity contribution in [3.05, 3.63) is 0 Å². The second-order valence-electron chi connectivity index (χ2n) is 5.62. The summed E-state index contributed by atoms with van der Waals surface area (Å²) in [6, 6.07) is 0.747. The van der Waals surface area contributed by atoms with Crippen LogP contribution in [0.2, 0.25) is 0 Å². The van der Waals surface area contributed by atoms with Gasteiger partial charge in [0.2, 0.25) is 15.9 Å². The number of sulfonamides is 1. The summed E-state index contributed by atoms with van der Waals surface area (Å²) >= 11 is 0. The Morgan fingerprint density at radius 3 is 2.35 bits per heavy atom. The first-order valence-electron chi connectivity index (χ1n) is 7.52. The van der Waals surface area contributed by atoms with E-state index in [1.807, 2.05) is 0 Å². The summed E-state index contributed by atoms with van der Waals surface area (Å²) in [6.07, 6.45) is 4.38. The Bertz CT molecular complexity index is 426. The normalized spacial score (nSPS) is 21.9. The van der Waals surface area contributed by atoms with Crippen LogP contribution >= 0.6 is 0 Å². The van der Waals surface area contributed by atoms with Gasteiger partial charge in [0.05, 0.1) is 5.75 Å². The Balaban J connectivity index is 1.64. The number of nitrogens with zero attached hydrogens (tertiary/aromatic N) is 1. The van der Waals surface area contributed by atoms with Gasteiger partial charge in [0.15, 0.2) is 0 Å². The van der Waals surface area contributed by atoms with Gasteiger partial charge >= 0.3 is 0 Å². The van der Waals surface area contributed by atoms with Crippen molar-refractivity contribution in [2.75, 3.05) is 25.4 Å². The van der Waals surface area contributed by atoms with E-state index in [4.69, 9.17) is 0 Å². The van der Waals surface area contributed by atoms with Crippen LogP contribution in [0, 0.1) is 0 Å². The highest BCUT2D eigenvalue weighted by Gasteiger charge is 2.27. The molecule has 2 rings (SSSR count). The fraction of sp³-hybridized carbons (Fsp3) is 0.923. The largest absolute Gasteiger partial charge is 0.353 e. The van der Waals surface area contributed by atoms with Gasteiger partial charge < -0.3 is 10.6 Å². The molecular formula is C13H25N3O3S. The van der Waals surface area contributed by atoms with E-state index in [1.165, 1.54) is 17.1 Å². The Morgan fingerprint density at radius 1 is 1.15 bits per heavy atom. The smallest absolute Gasteiger partial charge is 0.221 e. The molecule has 1 saturated carbocycles. The van der Waals surface area contributed by atoms with Gasteiger partial charge in [-0.15, -0.1) is 0 Å². The van der Waals surface area contributed by atoms with Gasteiger partial charge in [-0.1, -0.05) is 0 Å². The van der Waals surface area contributed by atoms with Crippen molar-refractivity contribution < 1.29 is 13.2 Å². The predicted octanol–water partition coefficient (Wildman–Crippen LogP) is 0.0588. The minimum atomic E-state index is -3.08. The van der Waals surface area contributed by atoms with Crippen LogP contribution in [0.4, 0.5) is 0 Å². The van der Waals surface area contributed by atoms with Crippen molar-refractivity contribution in [1.82, 2.24) is 14.9 Å². The predicted molar refractivity (Wildman–Crippen MR) is 77.8 cm³/mol. The summed E-state index contributed by atoms with van der Waals surface area (Å²) in [5.74, 6) is 0.214. The van der Waals surface area contributed by atoms with Crippen LogP contribution in [0.15, 0.2) is 0 Å². The maximum absolute atomic E-state index is 11.8. The Hall–Kier alpha value is -0.660. The third-order valence-corrected chi connectivity index (χ3v) is 5.82. The number of carbonyl (C=O) groups is 1. The molecule has 0 atom stereocenters. The summed E-state index contributed by atoms with van der Waals surface area (Å²) in [7, 11) is -3.08. The molecule has 116 valence electrons. The minimum absolute atomic E-state index is 0.0648. The van der Waals surface area contributed by atoms with Gasteiger partial charge in [-0.2, -0.15) is 0 Å². The number of hydrogen-bond acceptors (Lipinski definition) is 4. The lowest BCUT2D eigenvalue weighted by Gasteiger charge is -2.31. The van der Waals surface area contributed by atoms with Crippen LogP contribution in [0.25, 0.3) is 0 Å². The van der Waals surface area contributed by atoms with Crippen LogP contribution < -0.4 is 10.6 Å². The SMILES string of the molecule is CCS(=O)(=O)N1CCC(NC(=O)CCNC2CC2)CC1. The zero-order chi connectivity index (χ0) is 14.6. The topological polar surface area (TPSA) is 78.5 Å². The lowest BCUT2D eigenvalue weighted by atomic mass is 10.1. The van der Waals surface area contributed by atoms with Crippen LogP contribution in [0.3, 0.4) is 0 Å². The fourth-order valence-corrected chi connectivity index (χ4v) is 3.57. The van der Waals surface area contributed by atoms with Crippen molar-refractivity contribution in [2.24, 2.45) is 0 Å². The standard InChI is InChI=1S/C13H25N3O3S/c1-2-20(18,19)16-9-6-12(7-10-16)15-13(17)5-8-14-11-3-4-11/h11-12,14H,2-10H2,1H3,(H,15,17). The molecule has 2 aliphatic rings. The third-order valence-electron chi connectivity index (χ3n) is 3.94. The maximum Gasteiger partial charge on any atom is 0.221 e. The molecule has 0 spiro atoms. The second-order valence-corrected chi connectivity index (χ2v) is 7.88. The summed E-state index contributed by atoms with van der Waals surface area (Å²) < 4.78 is 25.0. The number of carbonyl (C=O) groups excluding carboxylic acids is 1. The summed E-state index contributed by atoms with van der Waals surface area (Å²) in [5, 5.41) is 6.31. The molecule has 2 fully saturated rings. The Kier molecular flexibility index (Phi) is 5.40. The molecule has 0 aromatic heterocycles. The zero-order valence-electron chi connectivity index (χ0n) is 12.1. The van der Waals surface area contributed by atoms with Crippen molar-refractivity contribution >= 4 is 15.9 Å². The first-order chi connectivity index (χ1) is 9.51. The number of amides is 1. The Labute approximate surface area is 121 Å². The van der Waals surface area contributed by atoms with Gasteiger partial charge in [0.1, 0.15) is 0 Å². The van der Waals surface area contributed by atoms with Crippen LogP contribution in [0.1, 0.15) is 39.0 Å². The van der Waals surface area contributed by atoms with Gasteiger partial charge in [0, 0.05) is 38.1 Å². The van der Waals surface area contributed by atoms with Gasteiger partial charge in [-0.05, 0) is 32.6 Å². The molecular weight excluding hydrogens is 278 g/mol. The molecule has 0 radical (unpaired) electrons. The molecule has 1 amide bonds. The van der Waals surface area contributed by atoms with Crippen molar-refractivity contribution in [2.45, 2.75) is 51.1 Å². The highest BCUT2D eigenvalue weighted by atomic mass is 32.2. The number of nitrogens with one attached hydrogen (secondary N) is 2. The van der Waals surface area contributed by atoms with Crippen molar-refractivity contribution in [1.29, 1.82) is 0 Å². The number of piperidine rings is 1. The molecule has 1 aliphatic heterocycles. The molecule has 1 aliphatic carbocycles. The minimum Gasteiger partial charge on any atom is -0.353 e. The van der Waals surface area contributed by atoms with E-state index in [1.54, 1.807) is 6.92 Å². The molecule has 0 aromatic carbocycles. The molecule has 1 heterocycles. The monoisotopic (exact) mass is 303 g/mol. The summed E-state index contributed by atoms with van der Waals surface area (Å²) in [6.45, 7) is 3.43. The van der Waals surface area contributed by atoms with Gasteiger partial charge in [-0.3, -0.25) is 4.79 Å². The van der Waals surface area contributed by atoms with E-state index in [0.29, 0.717) is 38.4 Å². The quantitative estimate of drug-likeness (QED) is 0.697. The maximum atomic E-state index is 11.8. The molecule has 20 heavy (non-hydrogen) atoms. The lowest BCUT2D eigenvalue weighted by molar-refractivity contribution is -0.121. The van der Waals surface area contributed by atoms with E-state index in [0.717, 1.165) is 6.54 Å². The van der Waals surface area contributed by atoms with E-state index >= 15 is 0 Å².